The first-order valence-corrected chi connectivity index (χ1v) is 3.40. The predicted molar refractivity (Wildman–Crippen MR) is 52.9 cm³/mol. The summed E-state index contributed by atoms with van der Waals surface area (Å²) in [5.74, 6) is 0. The zero-order valence-electron chi connectivity index (χ0n) is 6.73. The molecule has 0 aromatic rings. The molecule has 9 heavy (non-hydrogen) atoms. The summed E-state index contributed by atoms with van der Waals surface area (Å²) in [6, 6.07) is 0.477. The third kappa shape index (κ3) is 0.637. The quantitative estimate of drug-likeness (QED) is 0.253. The molecule has 0 bridgehead atoms. The molecule has 1 fully saturated rings. The fraction of sp³-hybridized carbons (Fsp3) is 0.750. The summed E-state index contributed by atoms with van der Waals surface area (Å²) in [4.78, 5) is 4.06. The van der Waals surface area contributed by atoms with E-state index in [1.807, 2.05) is 0 Å². The average molecular weight is 116 g/mol. The van der Waals surface area contributed by atoms with Gasteiger partial charge in [0.2, 0.25) is 0 Å². The van der Waals surface area contributed by atoms with E-state index in [-0.39, 0.29) is 0 Å². The number of nitrogens with zero attached hydrogens (tertiary/aromatic N) is 1. The van der Waals surface area contributed by atoms with Crippen LogP contribution in [0.25, 0.3) is 0 Å². The highest BCUT2D eigenvalue weighted by Gasteiger charge is 2.63. The van der Waals surface area contributed by atoms with E-state index in [0.29, 0.717) is 16.5 Å². The van der Waals surface area contributed by atoms with Gasteiger partial charge >= 0.3 is 0 Å². The summed E-state index contributed by atoms with van der Waals surface area (Å²) in [7, 11) is 8.97. The molecule has 1 aliphatic rings. The topological polar surface area (TPSA) is 12.4 Å². The van der Waals surface area contributed by atoms with Crippen LogP contribution in [0, 0.1) is 0 Å². The smallest absolute Gasteiger partial charge is 0.101 e. The molecule has 0 aromatic carbocycles. The molecule has 0 heterocycles. The van der Waals surface area contributed by atoms with Crippen molar-refractivity contribution in [2.75, 3.05) is 0 Å². The molecular weight excluding hydrogens is 105 g/mol. The molecule has 0 aromatic heterocycles. The van der Waals surface area contributed by atoms with E-state index in [4.69, 9.17) is 0 Å². The van der Waals surface area contributed by atoms with E-state index >= 15 is 0 Å². The summed E-state index contributed by atoms with van der Waals surface area (Å²) in [5.41, 5.74) is 0. The minimum Gasteiger partial charge on any atom is -0.299 e. The van der Waals surface area contributed by atoms with Gasteiger partial charge in [0.15, 0.2) is 0 Å². The Bertz CT molecular complexity index is 139. The Labute approximate surface area is 60.3 Å². The monoisotopic (exact) mass is 117 g/mol. The van der Waals surface area contributed by atoms with Crippen LogP contribution in [0.5, 0.6) is 0 Å². The van der Waals surface area contributed by atoms with E-state index < -0.39 is 0 Å². The van der Waals surface area contributed by atoms with Crippen LogP contribution in [0.3, 0.4) is 0 Å². The zero-order chi connectivity index (χ0) is 7.28. The van der Waals surface area contributed by atoms with Crippen LogP contribution in [-0.4, -0.2) is 44.1 Å². The van der Waals surface area contributed by atoms with Gasteiger partial charge in [-0.1, -0.05) is 10.4 Å². The Hall–Kier alpha value is -0.0703. The van der Waals surface area contributed by atoms with Crippen molar-refractivity contribution in [2.45, 2.75) is 16.5 Å². The molecule has 1 rings (SSSR count). The van der Waals surface area contributed by atoms with Crippen LogP contribution in [0.2, 0.25) is 10.4 Å². The number of aliphatic imine (C=N–C) groups is 1. The molecule has 0 atom stereocenters. The highest BCUT2D eigenvalue weighted by atomic mass is 14.9. The molecule has 0 aliphatic heterocycles. The van der Waals surface area contributed by atoms with E-state index in [0.717, 1.165) is 0 Å². The second-order valence-electron chi connectivity index (χ2n) is 4.03. The van der Waals surface area contributed by atoms with Gasteiger partial charge in [0.05, 0.1) is 0 Å². The summed E-state index contributed by atoms with van der Waals surface area (Å²) in [6.45, 7) is 3.56. The van der Waals surface area contributed by atoms with Gasteiger partial charge in [-0.05, 0) is 6.72 Å². The standard InChI is InChI=1S/C4H11B4N/c1-9-2-3(5,6)4(2,7)8/h2H,1,5-8H2. The SMILES string of the molecule is BC1(B)C(N=C)C1(B)B. The zero-order valence-corrected chi connectivity index (χ0v) is 6.73. The maximum absolute atomic E-state index is 4.06. The van der Waals surface area contributed by atoms with Gasteiger partial charge in [0.25, 0.3) is 0 Å². The molecule has 0 radical (unpaired) electrons. The molecule has 0 N–H and O–H groups in total. The van der Waals surface area contributed by atoms with Crippen LogP contribution in [0.4, 0.5) is 0 Å². The van der Waals surface area contributed by atoms with Crippen molar-refractivity contribution in [2.24, 2.45) is 4.99 Å². The lowest BCUT2D eigenvalue weighted by atomic mass is 9.49. The second kappa shape index (κ2) is 1.50. The van der Waals surface area contributed by atoms with E-state index in [2.05, 4.69) is 43.1 Å². The minimum atomic E-state index is 0.384. The normalized spacial score (nSPS) is 29.3. The van der Waals surface area contributed by atoms with Crippen molar-refractivity contribution in [1.29, 1.82) is 0 Å². The fourth-order valence-electron chi connectivity index (χ4n) is 1.62. The first-order valence-electron chi connectivity index (χ1n) is 3.40. The molecule has 1 nitrogen and oxygen atoms in total. The highest BCUT2D eigenvalue weighted by Crippen LogP contribution is 2.68. The molecule has 5 heteroatoms. The molecule has 0 spiro atoms. The van der Waals surface area contributed by atoms with Crippen LogP contribution >= 0.6 is 0 Å². The molecule has 0 amide bonds. The van der Waals surface area contributed by atoms with E-state index in [9.17, 15) is 0 Å². The Balaban J connectivity index is 2.77. The van der Waals surface area contributed by atoms with Gasteiger partial charge in [-0.25, -0.2) is 0 Å². The highest BCUT2D eigenvalue weighted by molar-refractivity contribution is 6.61. The Kier molecular flexibility index (Phi) is 1.17. The van der Waals surface area contributed by atoms with Crippen LogP contribution in [0.15, 0.2) is 4.99 Å². The number of hydrogen-bond acceptors (Lipinski definition) is 1. The first-order chi connectivity index (χ1) is 3.94. The Morgan fingerprint density at radius 2 is 1.44 bits per heavy atom. The molecule has 44 valence electrons. The number of rotatable bonds is 1. The molecule has 1 aliphatic carbocycles. The van der Waals surface area contributed by atoms with Crippen molar-refractivity contribution < 1.29 is 0 Å². The lowest BCUT2D eigenvalue weighted by molar-refractivity contribution is 1.04. The lowest BCUT2D eigenvalue weighted by Crippen LogP contribution is -2.01. The molecule has 0 unspecified atom stereocenters. The van der Waals surface area contributed by atoms with Crippen LogP contribution in [-0.2, 0) is 0 Å². The van der Waals surface area contributed by atoms with Crippen molar-refractivity contribution in [3.8, 4) is 0 Å². The predicted octanol–water partition coefficient (Wildman–Crippen LogP) is -3.17. The van der Waals surface area contributed by atoms with Gasteiger partial charge in [-0.15, -0.1) is 0 Å². The Morgan fingerprint density at radius 3 is 1.44 bits per heavy atom. The van der Waals surface area contributed by atoms with Gasteiger partial charge in [-0.2, -0.15) is 0 Å². The molecular formula is C4H11B4N. The average Bonchev–Trinajstić information content (AvgIpc) is 2.00. The van der Waals surface area contributed by atoms with Gasteiger partial charge in [0.1, 0.15) is 31.4 Å². The van der Waals surface area contributed by atoms with E-state index in [1.54, 1.807) is 0 Å². The first kappa shape index (κ1) is 7.04. The summed E-state index contributed by atoms with van der Waals surface area (Å²) < 4.78 is 0. The van der Waals surface area contributed by atoms with Gasteiger partial charge in [0, 0.05) is 6.04 Å². The maximum Gasteiger partial charge on any atom is 0.101 e. The maximum atomic E-state index is 4.06. The Morgan fingerprint density at radius 1 is 1.11 bits per heavy atom. The second-order valence-corrected chi connectivity index (χ2v) is 4.03. The van der Waals surface area contributed by atoms with E-state index in [1.165, 1.54) is 0 Å². The van der Waals surface area contributed by atoms with Crippen LogP contribution < -0.4 is 0 Å². The number of hydrogen-bond donors (Lipinski definition) is 0. The summed E-state index contributed by atoms with van der Waals surface area (Å²) in [6.07, 6.45) is 0. The molecule has 0 saturated heterocycles. The van der Waals surface area contributed by atoms with Crippen molar-refractivity contribution in [3.05, 3.63) is 0 Å². The summed E-state index contributed by atoms with van der Waals surface area (Å²) in [5, 5.41) is 0.767. The van der Waals surface area contributed by atoms with Crippen molar-refractivity contribution >= 4 is 38.1 Å². The third-order valence-electron chi connectivity index (χ3n) is 3.13. The van der Waals surface area contributed by atoms with Crippen molar-refractivity contribution in [3.63, 3.8) is 0 Å². The van der Waals surface area contributed by atoms with Gasteiger partial charge < -0.3 is 0 Å². The van der Waals surface area contributed by atoms with Crippen LogP contribution in [0.1, 0.15) is 0 Å². The fourth-order valence-corrected chi connectivity index (χ4v) is 1.62. The summed E-state index contributed by atoms with van der Waals surface area (Å²) >= 11 is 0. The minimum absolute atomic E-state index is 0.384. The molecule has 1 saturated carbocycles. The largest absolute Gasteiger partial charge is 0.299 e. The van der Waals surface area contributed by atoms with Crippen molar-refractivity contribution in [1.82, 2.24) is 0 Å². The third-order valence-corrected chi connectivity index (χ3v) is 3.13. The van der Waals surface area contributed by atoms with Gasteiger partial charge in [-0.3, -0.25) is 4.99 Å². The lowest BCUT2D eigenvalue weighted by Gasteiger charge is -2.01.